The third-order valence-corrected chi connectivity index (χ3v) is 3.55. The van der Waals surface area contributed by atoms with Gasteiger partial charge in [0.1, 0.15) is 5.60 Å². The Morgan fingerprint density at radius 1 is 1.15 bits per heavy atom. The Balaban J connectivity index is 2.50. The summed E-state index contributed by atoms with van der Waals surface area (Å²) in [6.07, 6.45) is -1.35. The lowest BCUT2D eigenvalue weighted by Gasteiger charge is -2.27. The normalized spacial score (nSPS) is 13.7. The maximum absolute atomic E-state index is 12.0. The molecule has 2 atom stereocenters. The fraction of sp³-hybridized carbons (Fsp3) is 0.600. The molecule has 1 aromatic carbocycles. The van der Waals surface area contributed by atoms with E-state index in [0.29, 0.717) is 6.42 Å². The second-order valence-corrected chi connectivity index (χ2v) is 7.95. The monoisotopic (exact) mass is 380 g/mol. The molecule has 0 saturated carbocycles. The Morgan fingerprint density at radius 3 is 2.33 bits per heavy atom. The van der Waals surface area contributed by atoms with E-state index in [0.717, 1.165) is 5.56 Å². The van der Waals surface area contributed by atoms with Crippen molar-refractivity contribution in [2.24, 2.45) is 5.92 Å². The number of ether oxygens (including phenoxy) is 1. The van der Waals surface area contributed by atoms with Crippen LogP contribution in [-0.4, -0.2) is 34.9 Å². The number of alkyl carbamates (subject to hydrolysis) is 1. The molecule has 0 bridgehead atoms. The standard InChI is InChI=1S/C20H32N2O5/c1-14(2)11-16(21-19(25)27-20(3,4)5)17(23)12-18(24)22-26-13-15-9-7-6-8-10-15/h6-10,14,16-17,23H,11-13H2,1-5H3,(H,21,25)(H,22,24)/t16-,17+/m0/s1. The molecule has 7 heteroatoms. The van der Waals surface area contributed by atoms with Crippen LogP contribution in [0, 0.1) is 5.92 Å². The predicted octanol–water partition coefficient (Wildman–Crippen LogP) is 2.92. The number of carbonyl (C=O) groups excluding carboxylic acids is 2. The van der Waals surface area contributed by atoms with E-state index in [1.54, 1.807) is 20.8 Å². The van der Waals surface area contributed by atoms with Crippen molar-refractivity contribution in [2.45, 2.75) is 71.8 Å². The number of hydrogen-bond donors (Lipinski definition) is 3. The first kappa shape index (κ1) is 22.9. The van der Waals surface area contributed by atoms with Crippen molar-refractivity contribution in [3.8, 4) is 0 Å². The molecule has 1 rings (SSSR count). The molecule has 0 radical (unpaired) electrons. The van der Waals surface area contributed by atoms with Crippen LogP contribution in [0.1, 0.15) is 53.0 Å². The summed E-state index contributed by atoms with van der Waals surface area (Å²) in [5.74, 6) is -0.241. The van der Waals surface area contributed by atoms with Crippen LogP contribution in [0.15, 0.2) is 30.3 Å². The molecule has 0 saturated heterocycles. The van der Waals surface area contributed by atoms with Gasteiger partial charge in [0.05, 0.1) is 25.2 Å². The van der Waals surface area contributed by atoms with E-state index in [-0.39, 0.29) is 18.9 Å². The molecule has 152 valence electrons. The largest absolute Gasteiger partial charge is 0.444 e. The Hall–Kier alpha value is -2.12. The molecule has 0 aliphatic carbocycles. The average Bonchev–Trinajstić information content (AvgIpc) is 2.53. The lowest BCUT2D eigenvalue weighted by molar-refractivity contribution is -0.137. The zero-order valence-corrected chi connectivity index (χ0v) is 16.8. The van der Waals surface area contributed by atoms with Crippen LogP contribution in [0.2, 0.25) is 0 Å². The van der Waals surface area contributed by atoms with Gasteiger partial charge in [-0.2, -0.15) is 0 Å². The first-order chi connectivity index (χ1) is 12.6. The molecular formula is C20H32N2O5. The highest BCUT2D eigenvalue weighted by Gasteiger charge is 2.27. The maximum Gasteiger partial charge on any atom is 0.407 e. The van der Waals surface area contributed by atoms with Crippen LogP contribution in [0.4, 0.5) is 4.79 Å². The Bertz CT molecular complexity index is 584. The Kier molecular flexibility index (Phi) is 9.25. The van der Waals surface area contributed by atoms with Crippen LogP contribution in [0.5, 0.6) is 0 Å². The predicted molar refractivity (Wildman–Crippen MR) is 103 cm³/mol. The summed E-state index contributed by atoms with van der Waals surface area (Å²) >= 11 is 0. The molecule has 7 nitrogen and oxygen atoms in total. The lowest BCUT2D eigenvalue weighted by Crippen LogP contribution is -2.47. The smallest absolute Gasteiger partial charge is 0.407 e. The molecule has 3 N–H and O–H groups in total. The molecule has 2 amide bonds. The fourth-order valence-corrected chi connectivity index (χ4v) is 2.43. The fourth-order valence-electron chi connectivity index (χ4n) is 2.43. The Labute approximate surface area is 161 Å². The molecule has 0 aliphatic heterocycles. The van der Waals surface area contributed by atoms with Crippen LogP contribution in [0.3, 0.4) is 0 Å². The van der Waals surface area contributed by atoms with E-state index in [9.17, 15) is 14.7 Å². The van der Waals surface area contributed by atoms with Gasteiger partial charge in [-0.15, -0.1) is 0 Å². The number of aliphatic hydroxyl groups excluding tert-OH is 1. The van der Waals surface area contributed by atoms with Gasteiger partial charge in [0, 0.05) is 0 Å². The van der Waals surface area contributed by atoms with E-state index in [1.807, 2.05) is 44.2 Å². The molecule has 0 unspecified atom stereocenters. The molecule has 0 spiro atoms. The highest BCUT2D eigenvalue weighted by molar-refractivity contribution is 5.75. The van der Waals surface area contributed by atoms with Crippen molar-refractivity contribution >= 4 is 12.0 Å². The van der Waals surface area contributed by atoms with Crippen LogP contribution >= 0.6 is 0 Å². The zero-order chi connectivity index (χ0) is 20.4. The molecule has 0 heterocycles. The average molecular weight is 380 g/mol. The maximum atomic E-state index is 12.0. The summed E-state index contributed by atoms with van der Waals surface area (Å²) in [5, 5.41) is 13.1. The van der Waals surface area contributed by atoms with Crippen molar-refractivity contribution in [3.63, 3.8) is 0 Å². The summed E-state index contributed by atoms with van der Waals surface area (Å²) in [6.45, 7) is 9.46. The van der Waals surface area contributed by atoms with E-state index >= 15 is 0 Å². The van der Waals surface area contributed by atoms with E-state index in [4.69, 9.17) is 9.57 Å². The highest BCUT2D eigenvalue weighted by atomic mass is 16.6. The number of rotatable bonds is 9. The quantitative estimate of drug-likeness (QED) is 0.572. The second kappa shape index (κ2) is 10.9. The van der Waals surface area contributed by atoms with Gasteiger partial charge in [-0.05, 0) is 38.7 Å². The molecule has 0 fully saturated rings. The van der Waals surface area contributed by atoms with Crippen molar-refractivity contribution in [1.82, 2.24) is 10.8 Å². The van der Waals surface area contributed by atoms with Crippen LogP contribution < -0.4 is 10.8 Å². The van der Waals surface area contributed by atoms with Crippen molar-refractivity contribution < 1.29 is 24.3 Å². The van der Waals surface area contributed by atoms with Gasteiger partial charge < -0.3 is 15.2 Å². The summed E-state index contributed by atoms with van der Waals surface area (Å²) in [6, 6.07) is 8.81. The van der Waals surface area contributed by atoms with Gasteiger partial charge >= 0.3 is 6.09 Å². The summed E-state index contributed by atoms with van der Waals surface area (Å²) in [4.78, 5) is 29.2. The van der Waals surface area contributed by atoms with Crippen LogP contribution in [0.25, 0.3) is 0 Å². The first-order valence-electron chi connectivity index (χ1n) is 9.19. The lowest BCUT2D eigenvalue weighted by atomic mass is 9.97. The van der Waals surface area contributed by atoms with Gasteiger partial charge in [0.25, 0.3) is 0 Å². The summed E-state index contributed by atoms with van der Waals surface area (Å²) in [7, 11) is 0. The molecule has 27 heavy (non-hydrogen) atoms. The second-order valence-electron chi connectivity index (χ2n) is 7.95. The molecular weight excluding hydrogens is 348 g/mol. The number of carbonyl (C=O) groups is 2. The first-order valence-corrected chi connectivity index (χ1v) is 9.19. The number of amides is 2. The van der Waals surface area contributed by atoms with E-state index in [1.165, 1.54) is 0 Å². The van der Waals surface area contributed by atoms with Crippen LogP contribution in [-0.2, 0) is 21.0 Å². The summed E-state index contributed by atoms with van der Waals surface area (Å²) in [5.41, 5.74) is 2.60. The topological polar surface area (TPSA) is 96.9 Å². The minimum atomic E-state index is -1.06. The number of aliphatic hydroxyl groups is 1. The van der Waals surface area contributed by atoms with Gasteiger partial charge in [0.2, 0.25) is 5.91 Å². The molecule has 1 aromatic rings. The van der Waals surface area contributed by atoms with Crippen molar-refractivity contribution in [3.05, 3.63) is 35.9 Å². The van der Waals surface area contributed by atoms with Gasteiger partial charge in [-0.3, -0.25) is 9.63 Å². The zero-order valence-electron chi connectivity index (χ0n) is 16.8. The van der Waals surface area contributed by atoms with Gasteiger partial charge in [0.15, 0.2) is 0 Å². The van der Waals surface area contributed by atoms with E-state index in [2.05, 4.69) is 10.8 Å². The Morgan fingerprint density at radius 2 is 1.78 bits per heavy atom. The highest BCUT2D eigenvalue weighted by Crippen LogP contribution is 2.13. The molecule has 0 aliphatic rings. The minimum absolute atomic E-state index is 0.192. The third-order valence-electron chi connectivity index (χ3n) is 3.55. The van der Waals surface area contributed by atoms with Gasteiger partial charge in [-0.25, -0.2) is 10.3 Å². The third kappa shape index (κ3) is 10.6. The number of hydroxylamine groups is 1. The number of benzene rings is 1. The minimum Gasteiger partial charge on any atom is -0.444 e. The summed E-state index contributed by atoms with van der Waals surface area (Å²) < 4.78 is 5.23. The van der Waals surface area contributed by atoms with E-state index < -0.39 is 29.7 Å². The van der Waals surface area contributed by atoms with Crippen molar-refractivity contribution in [1.29, 1.82) is 0 Å². The van der Waals surface area contributed by atoms with Gasteiger partial charge in [-0.1, -0.05) is 44.2 Å². The van der Waals surface area contributed by atoms with Crippen molar-refractivity contribution in [2.75, 3.05) is 0 Å². The number of hydrogen-bond acceptors (Lipinski definition) is 5. The molecule has 0 aromatic heterocycles. The number of nitrogens with one attached hydrogen (secondary N) is 2. The SMILES string of the molecule is CC(C)C[C@H](NC(=O)OC(C)(C)C)[C@H](O)CC(=O)NOCc1ccccc1.